The molecule has 34 heavy (non-hydrogen) atoms. The van der Waals surface area contributed by atoms with E-state index in [1.807, 2.05) is 25.7 Å². The van der Waals surface area contributed by atoms with E-state index in [9.17, 15) is 14.7 Å². The summed E-state index contributed by atoms with van der Waals surface area (Å²) in [6.07, 6.45) is 2.97. The first-order valence-corrected chi connectivity index (χ1v) is 11.4. The molecular formula is C22H27Cl2N5O5. The van der Waals surface area contributed by atoms with Crippen molar-refractivity contribution in [3.05, 3.63) is 39.9 Å². The lowest BCUT2D eigenvalue weighted by Gasteiger charge is -2.38. The number of methoxy groups -OCH3 is 1. The third-order valence-electron chi connectivity index (χ3n) is 5.19. The maximum atomic E-state index is 12.9. The maximum Gasteiger partial charge on any atom is 0.407 e. The number of nitrogens with one attached hydrogen (secondary N) is 1. The Morgan fingerprint density at radius 2 is 1.91 bits per heavy atom. The van der Waals surface area contributed by atoms with Crippen LogP contribution >= 0.6 is 23.2 Å². The number of ether oxygens (including phenoxy) is 2. The number of nitrogens with zero attached hydrogens (tertiary/aromatic N) is 4. The SMILES string of the molecule is COc1nccc(C(=O)c2ncc(N3CCC(O)(COC(=O)NC(C)(C)C)CC3)nc2Cl)c1Cl. The molecule has 3 heterocycles. The number of hydrogen-bond donors (Lipinski definition) is 2. The van der Waals surface area contributed by atoms with Gasteiger partial charge in [-0.15, -0.1) is 0 Å². The molecule has 1 aliphatic heterocycles. The fourth-order valence-corrected chi connectivity index (χ4v) is 3.87. The van der Waals surface area contributed by atoms with Gasteiger partial charge in [0.15, 0.2) is 5.15 Å². The van der Waals surface area contributed by atoms with Gasteiger partial charge in [0.1, 0.15) is 28.7 Å². The van der Waals surface area contributed by atoms with Crippen LogP contribution in [0.1, 0.15) is 49.7 Å². The highest BCUT2D eigenvalue weighted by atomic mass is 35.5. The molecule has 3 rings (SSSR count). The minimum absolute atomic E-state index is 0.0488. The second-order valence-corrected chi connectivity index (χ2v) is 9.78. The quantitative estimate of drug-likeness (QED) is 0.561. The monoisotopic (exact) mass is 511 g/mol. The molecule has 0 radical (unpaired) electrons. The van der Waals surface area contributed by atoms with E-state index in [4.69, 9.17) is 32.7 Å². The zero-order valence-electron chi connectivity index (χ0n) is 19.4. The molecule has 0 bridgehead atoms. The standard InChI is InChI=1S/C22H27Cl2N5O5/c1-21(2,3)28-20(31)34-12-22(32)6-9-29(10-7-22)14-11-26-16(18(24)27-14)17(30)13-5-8-25-19(33-4)15(13)23/h5,8,11,32H,6-7,9-10,12H2,1-4H3,(H,28,31). The van der Waals surface area contributed by atoms with Gasteiger partial charge >= 0.3 is 6.09 Å². The fourth-order valence-electron chi connectivity index (χ4n) is 3.37. The van der Waals surface area contributed by atoms with Gasteiger partial charge in [-0.3, -0.25) is 4.79 Å². The minimum atomic E-state index is -1.14. The van der Waals surface area contributed by atoms with Gasteiger partial charge in [-0.05, 0) is 39.7 Å². The topological polar surface area (TPSA) is 127 Å². The molecule has 1 saturated heterocycles. The highest BCUT2D eigenvalue weighted by molar-refractivity contribution is 6.38. The normalized spacial score (nSPS) is 15.6. The smallest absolute Gasteiger partial charge is 0.407 e. The first kappa shape index (κ1) is 25.9. The fraction of sp³-hybridized carbons (Fsp3) is 0.500. The van der Waals surface area contributed by atoms with Crippen LogP contribution in [-0.2, 0) is 4.74 Å². The number of amides is 1. The van der Waals surface area contributed by atoms with E-state index >= 15 is 0 Å². The van der Waals surface area contributed by atoms with E-state index in [0.717, 1.165) is 0 Å². The van der Waals surface area contributed by atoms with E-state index in [1.54, 1.807) is 0 Å². The molecule has 1 aliphatic rings. The average Bonchev–Trinajstić information content (AvgIpc) is 2.77. The lowest BCUT2D eigenvalue weighted by atomic mass is 9.92. The van der Waals surface area contributed by atoms with Crippen molar-refractivity contribution in [2.75, 3.05) is 31.7 Å². The molecule has 2 aromatic heterocycles. The molecule has 0 saturated carbocycles. The van der Waals surface area contributed by atoms with Crippen LogP contribution in [0, 0.1) is 0 Å². The number of carbonyl (C=O) groups excluding carboxylic acids is 2. The Morgan fingerprint density at radius 1 is 1.24 bits per heavy atom. The van der Waals surface area contributed by atoms with E-state index < -0.39 is 23.0 Å². The summed E-state index contributed by atoms with van der Waals surface area (Å²) in [6.45, 7) is 6.29. The molecule has 2 aromatic rings. The summed E-state index contributed by atoms with van der Waals surface area (Å²) < 4.78 is 10.2. The van der Waals surface area contributed by atoms with Gasteiger partial charge < -0.3 is 24.8 Å². The summed E-state index contributed by atoms with van der Waals surface area (Å²) in [5.41, 5.74) is -1.47. The van der Waals surface area contributed by atoms with Gasteiger partial charge in [0.05, 0.1) is 13.3 Å². The number of hydrogen-bond acceptors (Lipinski definition) is 9. The highest BCUT2D eigenvalue weighted by Gasteiger charge is 2.35. The summed E-state index contributed by atoms with van der Waals surface area (Å²) in [5.74, 6) is 0.0794. The molecule has 10 nitrogen and oxygen atoms in total. The van der Waals surface area contributed by atoms with E-state index in [1.165, 1.54) is 25.6 Å². The van der Waals surface area contributed by atoms with Crippen molar-refractivity contribution in [2.45, 2.75) is 44.8 Å². The van der Waals surface area contributed by atoms with Crippen LogP contribution in [0.3, 0.4) is 0 Å². The Morgan fingerprint density at radius 3 is 2.50 bits per heavy atom. The van der Waals surface area contributed by atoms with Gasteiger partial charge in [0.25, 0.3) is 0 Å². The van der Waals surface area contributed by atoms with Crippen molar-refractivity contribution in [3.63, 3.8) is 0 Å². The lowest BCUT2D eigenvalue weighted by molar-refractivity contribution is -0.0393. The van der Waals surface area contributed by atoms with Gasteiger partial charge in [-0.2, -0.15) is 0 Å². The van der Waals surface area contributed by atoms with Gasteiger partial charge in [0.2, 0.25) is 11.7 Å². The van der Waals surface area contributed by atoms with Crippen LogP contribution in [0.5, 0.6) is 5.88 Å². The van der Waals surface area contributed by atoms with Crippen LogP contribution in [-0.4, -0.2) is 69.9 Å². The number of piperidine rings is 1. The number of pyridine rings is 1. The van der Waals surface area contributed by atoms with Crippen molar-refractivity contribution in [2.24, 2.45) is 0 Å². The van der Waals surface area contributed by atoms with Crippen molar-refractivity contribution in [3.8, 4) is 5.88 Å². The molecular weight excluding hydrogens is 485 g/mol. The second-order valence-electron chi connectivity index (χ2n) is 9.04. The largest absolute Gasteiger partial charge is 0.480 e. The summed E-state index contributed by atoms with van der Waals surface area (Å²) in [5, 5.41) is 13.5. The first-order valence-electron chi connectivity index (χ1n) is 10.6. The Hall–Kier alpha value is -2.69. The van der Waals surface area contributed by atoms with Crippen LogP contribution in [0.25, 0.3) is 0 Å². The molecule has 184 valence electrons. The summed E-state index contributed by atoms with van der Waals surface area (Å²) in [6, 6.07) is 1.45. The van der Waals surface area contributed by atoms with E-state index in [2.05, 4.69) is 20.3 Å². The number of rotatable bonds is 6. The van der Waals surface area contributed by atoms with Gasteiger partial charge in [0, 0.05) is 30.4 Å². The van der Waals surface area contributed by atoms with Crippen LogP contribution in [0.2, 0.25) is 10.2 Å². The van der Waals surface area contributed by atoms with Crippen LogP contribution in [0.15, 0.2) is 18.5 Å². The van der Waals surface area contributed by atoms with Gasteiger partial charge in [-0.1, -0.05) is 23.2 Å². The lowest BCUT2D eigenvalue weighted by Crippen LogP contribution is -2.49. The number of anilines is 1. The Bertz CT molecular complexity index is 1070. The molecule has 0 spiro atoms. The highest BCUT2D eigenvalue weighted by Crippen LogP contribution is 2.30. The number of aromatic nitrogens is 3. The molecule has 1 fully saturated rings. The van der Waals surface area contributed by atoms with Gasteiger partial charge in [-0.25, -0.2) is 19.7 Å². The van der Waals surface area contributed by atoms with Crippen LogP contribution < -0.4 is 15.0 Å². The van der Waals surface area contributed by atoms with Crippen molar-refractivity contribution >= 4 is 40.9 Å². The Kier molecular flexibility index (Phi) is 7.84. The summed E-state index contributed by atoms with van der Waals surface area (Å²) >= 11 is 12.5. The number of halogens is 2. The number of carbonyl (C=O) groups is 2. The zero-order valence-corrected chi connectivity index (χ0v) is 20.9. The zero-order chi connectivity index (χ0) is 25.1. The Balaban J connectivity index is 1.64. The molecule has 0 aliphatic carbocycles. The third-order valence-corrected chi connectivity index (χ3v) is 5.82. The molecule has 0 unspecified atom stereocenters. The minimum Gasteiger partial charge on any atom is -0.480 e. The number of alkyl carbamates (subject to hydrolysis) is 1. The van der Waals surface area contributed by atoms with Crippen molar-refractivity contribution in [1.29, 1.82) is 0 Å². The number of aliphatic hydroxyl groups is 1. The third kappa shape index (κ3) is 6.25. The second kappa shape index (κ2) is 10.3. The molecule has 0 atom stereocenters. The maximum absolute atomic E-state index is 12.9. The molecule has 1 amide bonds. The van der Waals surface area contributed by atoms with E-state index in [-0.39, 0.29) is 33.9 Å². The van der Waals surface area contributed by atoms with Crippen molar-refractivity contribution in [1.82, 2.24) is 20.3 Å². The first-order chi connectivity index (χ1) is 15.9. The summed E-state index contributed by atoms with van der Waals surface area (Å²) in [4.78, 5) is 39.1. The average molecular weight is 512 g/mol. The van der Waals surface area contributed by atoms with E-state index in [0.29, 0.717) is 31.7 Å². The predicted octanol–water partition coefficient (Wildman–Crippen LogP) is 3.27. The molecule has 0 aromatic carbocycles. The predicted molar refractivity (Wildman–Crippen MR) is 127 cm³/mol. The van der Waals surface area contributed by atoms with Crippen molar-refractivity contribution < 1.29 is 24.2 Å². The number of ketones is 1. The summed E-state index contributed by atoms with van der Waals surface area (Å²) in [7, 11) is 1.40. The molecule has 12 heteroatoms. The van der Waals surface area contributed by atoms with Crippen LogP contribution in [0.4, 0.5) is 10.6 Å². The Labute approximate surface area is 207 Å². The molecule has 2 N–H and O–H groups in total.